The predicted octanol–water partition coefficient (Wildman–Crippen LogP) is 9.45. The minimum absolute atomic E-state index is 0.0618. The van der Waals surface area contributed by atoms with Crippen LogP contribution in [0.3, 0.4) is 0 Å². The summed E-state index contributed by atoms with van der Waals surface area (Å²) in [6.45, 7) is 7.16. The number of carbonyl (C=O) groups is 2. The topological polar surface area (TPSA) is 63.6 Å². The molecular formula is C32H37BrO4. The number of unbranched alkanes of at least 4 members (excludes halogenated alkanes) is 4. The van der Waals surface area contributed by atoms with Crippen molar-refractivity contribution in [3.05, 3.63) is 76.3 Å². The molecule has 0 radical (unpaired) electrons. The molecule has 1 N–H and O–H groups in total. The van der Waals surface area contributed by atoms with E-state index in [2.05, 4.69) is 36.7 Å². The highest BCUT2D eigenvalue weighted by Crippen LogP contribution is 2.33. The van der Waals surface area contributed by atoms with Gasteiger partial charge in [0.2, 0.25) is 0 Å². The van der Waals surface area contributed by atoms with Crippen molar-refractivity contribution in [2.24, 2.45) is 5.92 Å². The van der Waals surface area contributed by atoms with Crippen LogP contribution in [-0.4, -0.2) is 23.5 Å². The van der Waals surface area contributed by atoms with Gasteiger partial charge in [-0.15, -0.1) is 0 Å². The van der Waals surface area contributed by atoms with Crippen LogP contribution in [0.5, 0.6) is 5.75 Å². The van der Waals surface area contributed by atoms with Crippen LogP contribution >= 0.6 is 15.9 Å². The van der Waals surface area contributed by atoms with Crippen LogP contribution in [0.25, 0.3) is 22.3 Å². The molecule has 0 saturated heterocycles. The number of rotatable bonds is 14. The van der Waals surface area contributed by atoms with E-state index in [-0.39, 0.29) is 11.3 Å². The van der Waals surface area contributed by atoms with Crippen LogP contribution < -0.4 is 4.74 Å². The van der Waals surface area contributed by atoms with Gasteiger partial charge in [-0.25, -0.2) is 4.79 Å². The molecule has 0 aliphatic carbocycles. The number of ketones is 1. The fourth-order valence-electron chi connectivity index (χ4n) is 4.17. The van der Waals surface area contributed by atoms with Crippen molar-refractivity contribution in [3.8, 4) is 28.0 Å². The van der Waals surface area contributed by atoms with Crippen LogP contribution in [0.2, 0.25) is 0 Å². The molecular weight excluding hydrogens is 528 g/mol. The second-order valence-electron chi connectivity index (χ2n) is 9.70. The number of aromatic carboxylic acids is 1. The van der Waals surface area contributed by atoms with Gasteiger partial charge in [-0.2, -0.15) is 0 Å². The smallest absolute Gasteiger partial charge is 0.336 e. The maximum absolute atomic E-state index is 12.8. The zero-order valence-corrected chi connectivity index (χ0v) is 23.6. The Balaban J connectivity index is 1.79. The normalized spacial score (nSPS) is 11.8. The summed E-state index contributed by atoms with van der Waals surface area (Å²) < 4.78 is 6.83. The number of carboxylic acid groups (broad SMARTS) is 1. The van der Waals surface area contributed by atoms with Gasteiger partial charge < -0.3 is 9.84 Å². The summed E-state index contributed by atoms with van der Waals surface area (Å²) in [5, 5.41) is 9.76. The van der Waals surface area contributed by atoms with Gasteiger partial charge in [0.1, 0.15) is 5.75 Å². The third kappa shape index (κ3) is 8.03. The van der Waals surface area contributed by atoms with Crippen molar-refractivity contribution in [3.63, 3.8) is 0 Å². The number of carboxylic acids is 1. The quantitative estimate of drug-likeness (QED) is 0.156. The third-order valence-electron chi connectivity index (χ3n) is 6.76. The largest absolute Gasteiger partial charge is 0.492 e. The van der Waals surface area contributed by atoms with E-state index >= 15 is 0 Å². The molecule has 0 bridgehead atoms. The number of hydrogen-bond donors (Lipinski definition) is 1. The van der Waals surface area contributed by atoms with Crippen LogP contribution in [0, 0.1) is 5.92 Å². The summed E-state index contributed by atoms with van der Waals surface area (Å²) in [6.07, 6.45) is 6.96. The molecule has 0 spiro atoms. The lowest BCUT2D eigenvalue weighted by atomic mass is 9.93. The molecule has 3 aromatic rings. The second kappa shape index (κ2) is 14.1. The Morgan fingerprint density at radius 1 is 0.865 bits per heavy atom. The lowest BCUT2D eigenvalue weighted by Gasteiger charge is -2.14. The Morgan fingerprint density at radius 3 is 2.19 bits per heavy atom. The summed E-state index contributed by atoms with van der Waals surface area (Å²) in [4.78, 5) is 24.7. The summed E-state index contributed by atoms with van der Waals surface area (Å²) in [7, 11) is 0. The monoisotopic (exact) mass is 564 g/mol. The molecule has 0 aliphatic rings. The fourth-order valence-corrected chi connectivity index (χ4v) is 4.66. The Kier molecular flexibility index (Phi) is 10.9. The SMILES string of the molecule is CCCCCCCC(=O)c1ccc(C(=O)O)c(-c2ccc(-c3ccc(OCC(C)CC)c(Br)c3)cc2)c1. The molecule has 0 fully saturated rings. The third-order valence-corrected chi connectivity index (χ3v) is 7.38. The second-order valence-corrected chi connectivity index (χ2v) is 10.6. The summed E-state index contributed by atoms with van der Waals surface area (Å²) in [6, 6.07) is 18.7. The predicted molar refractivity (Wildman–Crippen MR) is 155 cm³/mol. The van der Waals surface area contributed by atoms with Crippen LogP contribution in [0.4, 0.5) is 0 Å². The van der Waals surface area contributed by atoms with Crippen molar-refractivity contribution in [2.45, 2.75) is 65.7 Å². The molecule has 0 aromatic heterocycles. The van der Waals surface area contributed by atoms with Gasteiger partial charge in [-0.3, -0.25) is 4.79 Å². The zero-order chi connectivity index (χ0) is 26.8. The van der Waals surface area contributed by atoms with E-state index < -0.39 is 5.97 Å². The highest BCUT2D eigenvalue weighted by molar-refractivity contribution is 9.10. The van der Waals surface area contributed by atoms with Crippen molar-refractivity contribution in [2.75, 3.05) is 6.61 Å². The number of Topliss-reactive ketones (excluding diaryl/α,β-unsaturated/α-hetero) is 1. The van der Waals surface area contributed by atoms with Crippen LogP contribution in [-0.2, 0) is 0 Å². The summed E-state index contributed by atoms with van der Waals surface area (Å²) >= 11 is 3.62. The van der Waals surface area contributed by atoms with E-state index in [1.807, 2.05) is 42.5 Å². The van der Waals surface area contributed by atoms with E-state index in [0.717, 1.165) is 52.6 Å². The highest BCUT2D eigenvalue weighted by Gasteiger charge is 2.16. The minimum atomic E-state index is -1.01. The van der Waals surface area contributed by atoms with Gasteiger partial charge in [0, 0.05) is 12.0 Å². The average molecular weight is 566 g/mol. The fraction of sp³-hybridized carbons (Fsp3) is 0.375. The summed E-state index contributed by atoms with van der Waals surface area (Å²) in [5.74, 6) is 0.370. The Bertz CT molecular complexity index is 1200. The standard InChI is InChI=1S/C32H37BrO4/c1-4-6-7-8-9-10-30(34)26-15-17-27(32(35)36)28(19-26)24-13-11-23(12-14-24)25-16-18-31(29(33)20-25)37-21-22(3)5-2/h11-20,22H,4-10,21H2,1-3H3,(H,35,36). The molecule has 0 heterocycles. The van der Waals surface area contributed by atoms with Gasteiger partial charge in [0.25, 0.3) is 0 Å². The maximum Gasteiger partial charge on any atom is 0.336 e. The Hall–Kier alpha value is -2.92. The van der Waals surface area contributed by atoms with Crippen LogP contribution in [0.15, 0.2) is 65.1 Å². The van der Waals surface area contributed by atoms with Gasteiger partial charge in [0.15, 0.2) is 5.78 Å². The number of hydrogen-bond acceptors (Lipinski definition) is 3. The lowest BCUT2D eigenvalue weighted by molar-refractivity contribution is 0.0697. The van der Waals surface area contributed by atoms with Crippen molar-refractivity contribution < 1.29 is 19.4 Å². The van der Waals surface area contributed by atoms with E-state index in [1.54, 1.807) is 18.2 Å². The Morgan fingerprint density at radius 2 is 1.54 bits per heavy atom. The molecule has 196 valence electrons. The first-order valence-electron chi connectivity index (χ1n) is 13.3. The van der Waals surface area contributed by atoms with E-state index in [1.165, 1.54) is 12.8 Å². The minimum Gasteiger partial charge on any atom is -0.492 e. The van der Waals surface area contributed by atoms with Crippen molar-refractivity contribution in [1.82, 2.24) is 0 Å². The van der Waals surface area contributed by atoms with E-state index in [0.29, 0.717) is 30.1 Å². The van der Waals surface area contributed by atoms with Gasteiger partial charge in [-0.1, -0.05) is 89.3 Å². The van der Waals surface area contributed by atoms with Crippen LogP contribution in [0.1, 0.15) is 86.4 Å². The number of benzene rings is 3. The average Bonchev–Trinajstić information content (AvgIpc) is 2.91. The molecule has 0 saturated carbocycles. The molecule has 0 amide bonds. The van der Waals surface area contributed by atoms with Gasteiger partial charge in [0.05, 0.1) is 16.6 Å². The molecule has 3 aromatic carbocycles. The molecule has 4 nitrogen and oxygen atoms in total. The molecule has 0 aliphatic heterocycles. The first-order valence-corrected chi connectivity index (χ1v) is 14.1. The highest BCUT2D eigenvalue weighted by atomic mass is 79.9. The van der Waals surface area contributed by atoms with E-state index in [4.69, 9.17) is 4.74 Å². The maximum atomic E-state index is 12.8. The van der Waals surface area contributed by atoms with E-state index in [9.17, 15) is 14.7 Å². The summed E-state index contributed by atoms with van der Waals surface area (Å²) in [5.41, 5.74) is 4.13. The first-order chi connectivity index (χ1) is 17.8. The van der Waals surface area contributed by atoms with Crippen molar-refractivity contribution >= 4 is 27.7 Å². The Labute approximate surface area is 229 Å². The molecule has 3 rings (SSSR count). The van der Waals surface area contributed by atoms with Crippen molar-refractivity contribution in [1.29, 1.82) is 0 Å². The lowest BCUT2D eigenvalue weighted by Crippen LogP contribution is -2.07. The molecule has 1 atom stereocenters. The molecule has 37 heavy (non-hydrogen) atoms. The molecule has 5 heteroatoms. The number of halogens is 1. The first kappa shape index (κ1) is 28.6. The number of ether oxygens (including phenoxy) is 1. The van der Waals surface area contributed by atoms with Gasteiger partial charge >= 0.3 is 5.97 Å². The number of carbonyl (C=O) groups excluding carboxylic acids is 1. The van der Waals surface area contributed by atoms with Gasteiger partial charge in [-0.05, 0) is 74.8 Å². The zero-order valence-electron chi connectivity index (χ0n) is 22.1. The molecule has 1 unspecified atom stereocenters.